The van der Waals surface area contributed by atoms with Crippen LogP contribution in [0.15, 0.2) is 61.2 Å². The Morgan fingerprint density at radius 2 is 1.97 bits per heavy atom. The van der Waals surface area contributed by atoms with Gasteiger partial charge in [-0.15, -0.1) is 6.58 Å². The molecule has 3 atom stereocenters. The topological polar surface area (TPSA) is 58.6 Å². The van der Waals surface area contributed by atoms with Crippen molar-refractivity contribution in [1.29, 1.82) is 0 Å². The first-order chi connectivity index (χ1) is 15.4. The number of carbonyl (C=O) groups is 2. The maximum atomic E-state index is 13.5. The van der Waals surface area contributed by atoms with Crippen molar-refractivity contribution < 1.29 is 18.7 Å². The van der Waals surface area contributed by atoms with Gasteiger partial charge in [0.05, 0.1) is 13.2 Å². The first-order valence-corrected chi connectivity index (χ1v) is 11.1. The number of rotatable bonds is 7. The van der Waals surface area contributed by atoms with Crippen LogP contribution in [0.4, 0.5) is 4.39 Å². The fraction of sp³-hybridized carbons (Fsp3) is 0.385. The lowest BCUT2D eigenvalue weighted by Crippen LogP contribution is -2.62. The van der Waals surface area contributed by atoms with Crippen molar-refractivity contribution in [1.82, 2.24) is 10.2 Å². The molecule has 2 aromatic carbocycles. The van der Waals surface area contributed by atoms with Crippen molar-refractivity contribution in [3.63, 3.8) is 0 Å². The van der Waals surface area contributed by atoms with Gasteiger partial charge in [-0.2, -0.15) is 0 Å². The summed E-state index contributed by atoms with van der Waals surface area (Å²) < 4.78 is 19.6. The van der Waals surface area contributed by atoms with E-state index in [1.165, 1.54) is 12.1 Å². The molecular weight excluding hydrogens is 407 g/mol. The second kappa shape index (κ2) is 9.25. The summed E-state index contributed by atoms with van der Waals surface area (Å²) in [6, 6.07) is 14.0. The minimum Gasteiger partial charge on any atom is -0.361 e. The van der Waals surface area contributed by atoms with Crippen LogP contribution in [0.5, 0.6) is 0 Å². The number of halogens is 1. The van der Waals surface area contributed by atoms with Crippen molar-refractivity contribution in [2.75, 3.05) is 26.2 Å². The quantitative estimate of drug-likeness (QED) is 0.675. The standard InChI is InChI=1S/C26H29FN2O3/c1-3-12-28-25(31)26(17-29(13-14-32-26)24(30)23-15-18(23)2)16-20-6-4-5-7-22(20)19-8-10-21(27)11-9-19/h3-11,18,23H,1,12-17H2,2H3,(H,28,31). The van der Waals surface area contributed by atoms with E-state index >= 15 is 0 Å². The zero-order chi connectivity index (χ0) is 22.7. The molecule has 2 aromatic rings. The van der Waals surface area contributed by atoms with Crippen LogP contribution >= 0.6 is 0 Å². The Bertz CT molecular complexity index is 1010. The molecule has 0 aromatic heterocycles. The molecule has 1 saturated heterocycles. The van der Waals surface area contributed by atoms with Gasteiger partial charge < -0.3 is 15.0 Å². The molecule has 3 unspecified atom stereocenters. The van der Waals surface area contributed by atoms with Crippen LogP contribution in [0.2, 0.25) is 0 Å². The average Bonchev–Trinajstić information content (AvgIpc) is 3.54. The number of benzene rings is 2. The summed E-state index contributed by atoms with van der Waals surface area (Å²) in [6.45, 7) is 7.06. The fourth-order valence-corrected chi connectivity index (χ4v) is 4.42. The van der Waals surface area contributed by atoms with Gasteiger partial charge in [0.2, 0.25) is 5.91 Å². The molecule has 1 aliphatic heterocycles. The number of ether oxygens (including phenoxy) is 1. The fourth-order valence-electron chi connectivity index (χ4n) is 4.42. The minimum atomic E-state index is -1.20. The third-order valence-electron chi connectivity index (χ3n) is 6.39. The van der Waals surface area contributed by atoms with E-state index < -0.39 is 5.60 Å². The maximum Gasteiger partial charge on any atom is 0.254 e. The molecule has 6 heteroatoms. The zero-order valence-electron chi connectivity index (χ0n) is 18.4. The SMILES string of the molecule is C=CCNC(=O)C1(Cc2ccccc2-c2ccc(F)cc2)CN(C(=O)C2CC2C)CCO1. The van der Waals surface area contributed by atoms with E-state index in [-0.39, 0.29) is 30.1 Å². The molecule has 1 saturated carbocycles. The summed E-state index contributed by atoms with van der Waals surface area (Å²) >= 11 is 0. The number of hydrogen-bond donors (Lipinski definition) is 1. The van der Waals surface area contributed by atoms with Crippen molar-refractivity contribution in [2.24, 2.45) is 11.8 Å². The van der Waals surface area contributed by atoms with E-state index in [0.717, 1.165) is 23.1 Å². The summed E-state index contributed by atoms with van der Waals surface area (Å²) in [5.74, 6) is -0.00572. The lowest BCUT2D eigenvalue weighted by molar-refractivity contribution is -0.166. The minimum absolute atomic E-state index is 0.0496. The Kier molecular flexibility index (Phi) is 6.42. The van der Waals surface area contributed by atoms with Gasteiger partial charge >= 0.3 is 0 Å². The number of nitrogens with zero attached hydrogens (tertiary/aromatic N) is 1. The average molecular weight is 437 g/mol. The summed E-state index contributed by atoms with van der Waals surface area (Å²) in [4.78, 5) is 28.1. The zero-order valence-corrected chi connectivity index (χ0v) is 18.4. The predicted molar refractivity (Wildman–Crippen MR) is 121 cm³/mol. The van der Waals surface area contributed by atoms with E-state index in [1.54, 1.807) is 23.1 Å². The highest BCUT2D eigenvalue weighted by atomic mass is 19.1. The number of nitrogens with one attached hydrogen (secondary N) is 1. The van der Waals surface area contributed by atoms with Crippen molar-refractivity contribution in [3.8, 4) is 11.1 Å². The Hall–Kier alpha value is -2.99. The lowest BCUT2D eigenvalue weighted by Gasteiger charge is -2.42. The van der Waals surface area contributed by atoms with Gasteiger partial charge in [-0.25, -0.2) is 4.39 Å². The number of amides is 2. The molecule has 0 bridgehead atoms. The Morgan fingerprint density at radius 3 is 2.66 bits per heavy atom. The third kappa shape index (κ3) is 4.60. The van der Waals surface area contributed by atoms with Gasteiger partial charge in [-0.1, -0.05) is 49.4 Å². The van der Waals surface area contributed by atoms with Gasteiger partial charge in [0.25, 0.3) is 5.91 Å². The Balaban J connectivity index is 1.66. The highest BCUT2D eigenvalue weighted by Crippen LogP contribution is 2.40. The van der Waals surface area contributed by atoms with Crippen LogP contribution in [0.1, 0.15) is 18.9 Å². The molecule has 2 amide bonds. The molecule has 1 aliphatic carbocycles. The van der Waals surface area contributed by atoms with Crippen LogP contribution in [0.25, 0.3) is 11.1 Å². The van der Waals surface area contributed by atoms with Crippen LogP contribution in [0, 0.1) is 17.7 Å². The molecule has 2 aliphatic rings. The van der Waals surface area contributed by atoms with Gasteiger partial charge in [-0.05, 0) is 41.2 Å². The lowest BCUT2D eigenvalue weighted by atomic mass is 9.87. The molecule has 4 rings (SSSR count). The van der Waals surface area contributed by atoms with E-state index in [2.05, 4.69) is 18.8 Å². The highest BCUT2D eigenvalue weighted by molar-refractivity contribution is 5.88. The van der Waals surface area contributed by atoms with E-state index in [0.29, 0.717) is 32.0 Å². The second-order valence-corrected chi connectivity index (χ2v) is 8.76. The number of hydrogen-bond acceptors (Lipinski definition) is 3. The molecule has 0 radical (unpaired) electrons. The summed E-state index contributed by atoms with van der Waals surface area (Å²) in [5, 5.41) is 2.87. The monoisotopic (exact) mass is 436 g/mol. The first-order valence-electron chi connectivity index (χ1n) is 11.1. The summed E-state index contributed by atoms with van der Waals surface area (Å²) in [6.07, 6.45) is 2.82. The molecule has 0 spiro atoms. The van der Waals surface area contributed by atoms with Crippen LogP contribution in [-0.4, -0.2) is 48.6 Å². The van der Waals surface area contributed by atoms with Crippen molar-refractivity contribution >= 4 is 11.8 Å². The van der Waals surface area contributed by atoms with Crippen LogP contribution < -0.4 is 5.32 Å². The smallest absolute Gasteiger partial charge is 0.254 e. The second-order valence-electron chi connectivity index (χ2n) is 8.76. The predicted octanol–water partition coefficient (Wildman–Crippen LogP) is 3.59. The molecule has 32 heavy (non-hydrogen) atoms. The van der Waals surface area contributed by atoms with Gasteiger partial charge in [0.1, 0.15) is 5.82 Å². The summed E-state index contributed by atoms with van der Waals surface area (Å²) in [7, 11) is 0. The van der Waals surface area contributed by atoms with Crippen molar-refractivity contribution in [3.05, 3.63) is 72.6 Å². The maximum absolute atomic E-state index is 13.5. The van der Waals surface area contributed by atoms with Crippen LogP contribution in [-0.2, 0) is 20.7 Å². The highest BCUT2D eigenvalue weighted by Gasteiger charge is 2.49. The Morgan fingerprint density at radius 1 is 1.25 bits per heavy atom. The summed E-state index contributed by atoms with van der Waals surface area (Å²) in [5.41, 5.74) is 1.47. The Labute approximate surface area is 188 Å². The van der Waals surface area contributed by atoms with Crippen molar-refractivity contribution in [2.45, 2.75) is 25.4 Å². The van der Waals surface area contributed by atoms with E-state index in [9.17, 15) is 14.0 Å². The molecule has 168 valence electrons. The largest absolute Gasteiger partial charge is 0.361 e. The van der Waals surface area contributed by atoms with Gasteiger partial charge in [0, 0.05) is 25.4 Å². The third-order valence-corrected chi connectivity index (χ3v) is 6.39. The van der Waals surface area contributed by atoms with E-state index in [4.69, 9.17) is 4.74 Å². The molecular formula is C26H29FN2O3. The number of carbonyl (C=O) groups excluding carboxylic acids is 2. The first kappa shape index (κ1) is 22.2. The molecule has 1 N–H and O–H groups in total. The van der Waals surface area contributed by atoms with Gasteiger partial charge in [-0.3, -0.25) is 9.59 Å². The van der Waals surface area contributed by atoms with E-state index in [1.807, 2.05) is 24.3 Å². The molecule has 2 fully saturated rings. The van der Waals surface area contributed by atoms with Crippen LogP contribution in [0.3, 0.4) is 0 Å². The van der Waals surface area contributed by atoms with Gasteiger partial charge in [0.15, 0.2) is 5.60 Å². The normalized spacial score (nSPS) is 24.6. The number of morpholine rings is 1. The molecule has 5 nitrogen and oxygen atoms in total. The molecule has 1 heterocycles.